The van der Waals surface area contributed by atoms with Gasteiger partial charge < -0.3 is 15.2 Å². The highest BCUT2D eigenvalue weighted by atomic mass is 16.1. The Labute approximate surface area is 138 Å². The summed E-state index contributed by atoms with van der Waals surface area (Å²) in [4.78, 5) is 12.8. The molecule has 1 aliphatic rings. The lowest BCUT2D eigenvalue weighted by atomic mass is 9.79. The highest BCUT2D eigenvalue weighted by molar-refractivity contribution is 6.06. The molecule has 0 radical (unpaired) electrons. The topological polar surface area (TPSA) is 46.1 Å². The average molecular weight is 313 g/mol. The number of carbonyl (C=O) groups is 1. The molecular formula is C19H27N3O. The molecule has 2 heterocycles. The van der Waals surface area contributed by atoms with Crippen molar-refractivity contribution in [3.8, 4) is 0 Å². The second-order valence-electron chi connectivity index (χ2n) is 8.14. The van der Waals surface area contributed by atoms with Gasteiger partial charge in [-0.15, -0.1) is 0 Å². The van der Waals surface area contributed by atoms with Gasteiger partial charge in [0, 0.05) is 46.8 Å². The summed E-state index contributed by atoms with van der Waals surface area (Å²) in [7, 11) is 2.00. The molecule has 1 amide bonds. The van der Waals surface area contributed by atoms with Crippen molar-refractivity contribution in [1.82, 2.24) is 15.2 Å². The van der Waals surface area contributed by atoms with Crippen molar-refractivity contribution in [2.24, 2.45) is 7.05 Å². The summed E-state index contributed by atoms with van der Waals surface area (Å²) in [6, 6.07) is 8.11. The number of aryl methyl sites for hydroxylation is 1. The number of amides is 1. The van der Waals surface area contributed by atoms with Crippen LogP contribution in [0.15, 0.2) is 30.5 Å². The molecule has 0 aliphatic carbocycles. The first-order valence-electron chi connectivity index (χ1n) is 8.31. The van der Waals surface area contributed by atoms with Gasteiger partial charge in [-0.1, -0.05) is 6.07 Å². The van der Waals surface area contributed by atoms with Crippen LogP contribution in [-0.2, 0) is 7.05 Å². The zero-order chi connectivity index (χ0) is 16.8. The highest BCUT2D eigenvalue weighted by Gasteiger charge is 2.38. The van der Waals surface area contributed by atoms with Crippen molar-refractivity contribution >= 4 is 16.8 Å². The van der Waals surface area contributed by atoms with E-state index in [2.05, 4.69) is 38.3 Å². The second kappa shape index (κ2) is 5.38. The molecule has 0 spiro atoms. The minimum absolute atomic E-state index is 0.0262. The van der Waals surface area contributed by atoms with Gasteiger partial charge in [0.1, 0.15) is 0 Å². The molecule has 1 aromatic carbocycles. The maximum absolute atomic E-state index is 12.8. The van der Waals surface area contributed by atoms with E-state index in [9.17, 15) is 4.79 Å². The third kappa shape index (κ3) is 3.27. The number of fused-ring (bicyclic) bond motifs is 1. The van der Waals surface area contributed by atoms with Crippen molar-refractivity contribution in [3.63, 3.8) is 0 Å². The third-order valence-corrected chi connectivity index (χ3v) is 4.70. The van der Waals surface area contributed by atoms with Gasteiger partial charge in [-0.3, -0.25) is 4.79 Å². The quantitative estimate of drug-likeness (QED) is 0.894. The number of piperidine rings is 1. The first-order valence-corrected chi connectivity index (χ1v) is 8.31. The SMILES string of the molecule is Cn1ccc2c(C(=O)NC3CC(C)(C)NC(C)(C)C3)cccc21. The van der Waals surface area contributed by atoms with Gasteiger partial charge in [0.2, 0.25) is 0 Å². The first kappa shape index (κ1) is 16.1. The Morgan fingerprint density at radius 2 is 1.83 bits per heavy atom. The lowest BCUT2D eigenvalue weighted by Gasteiger charge is -2.46. The number of benzene rings is 1. The summed E-state index contributed by atoms with van der Waals surface area (Å²) in [5.41, 5.74) is 1.90. The lowest BCUT2D eigenvalue weighted by Crippen LogP contribution is -2.62. The fourth-order valence-electron chi connectivity index (χ4n) is 4.19. The van der Waals surface area contributed by atoms with Crippen molar-refractivity contribution in [3.05, 3.63) is 36.0 Å². The van der Waals surface area contributed by atoms with Crippen LogP contribution < -0.4 is 10.6 Å². The molecule has 1 fully saturated rings. The van der Waals surface area contributed by atoms with Crippen molar-refractivity contribution < 1.29 is 4.79 Å². The second-order valence-corrected chi connectivity index (χ2v) is 8.14. The smallest absolute Gasteiger partial charge is 0.252 e. The van der Waals surface area contributed by atoms with E-state index in [0.29, 0.717) is 0 Å². The number of carbonyl (C=O) groups excluding carboxylic acids is 1. The van der Waals surface area contributed by atoms with Crippen LogP contribution in [0, 0.1) is 0 Å². The fourth-order valence-corrected chi connectivity index (χ4v) is 4.19. The lowest BCUT2D eigenvalue weighted by molar-refractivity contribution is 0.0875. The molecule has 0 unspecified atom stereocenters. The van der Waals surface area contributed by atoms with E-state index in [1.165, 1.54) is 0 Å². The Balaban J connectivity index is 1.83. The number of nitrogens with one attached hydrogen (secondary N) is 2. The van der Waals surface area contributed by atoms with E-state index in [0.717, 1.165) is 29.3 Å². The van der Waals surface area contributed by atoms with Crippen molar-refractivity contribution in [2.45, 2.75) is 57.7 Å². The zero-order valence-corrected chi connectivity index (χ0v) is 14.7. The van der Waals surface area contributed by atoms with Crippen LogP contribution in [0.3, 0.4) is 0 Å². The summed E-state index contributed by atoms with van der Waals surface area (Å²) < 4.78 is 2.04. The average Bonchev–Trinajstić information content (AvgIpc) is 2.77. The Bertz CT molecular complexity index is 726. The molecule has 0 atom stereocenters. The van der Waals surface area contributed by atoms with Crippen LogP contribution in [0.25, 0.3) is 10.9 Å². The summed E-state index contributed by atoms with van der Waals surface area (Å²) in [5, 5.41) is 7.93. The highest BCUT2D eigenvalue weighted by Crippen LogP contribution is 2.29. The molecule has 0 saturated carbocycles. The Morgan fingerprint density at radius 1 is 1.17 bits per heavy atom. The zero-order valence-electron chi connectivity index (χ0n) is 14.7. The predicted molar refractivity (Wildman–Crippen MR) is 94.7 cm³/mol. The van der Waals surface area contributed by atoms with Gasteiger partial charge in [0.15, 0.2) is 0 Å². The summed E-state index contributed by atoms with van der Waals surface area (Å²) in [5.74, 6) is 0.0281. The molecule has 4 heteroatoms. The maximum atomic E-state index is 12.8. The normalized spacial score (nSPS) is 20.6. The summed E-state index contributed by atoms with van der Waals surface area (Å²) in [6.07, 6.45) is 3.87. The van der Waals surface area contributed by atoms with Gasteiger partial charge in [-0.25, -0.2) is 0 Å². The first-order chi connectivity index (χ1) is 10.7. The van der Waals surface area contributed by atoms with E-state index >= 15 is 0 Å². The Hall–Kier alpha value is -1.81. The Kier molecular flexibility index (Phi) is 3.75. The van der Waals surface area contributed by atoms with Crippen LogP contribution in [-0.4, -0.2) is 27.6 Å². The van der Waals surface area contributed by atoms with E-state index < -0.39 is 0 Å². The molecule has 2 N–H and O–H groups in total. The Morgan fingerprint density at radius 3 is 2.48 bits per heavy atom. The monoisotopic (exact) mass is 313 g/mol. The molecule has 124 valence electrons. The number of rotatable bonds is 2. The van der Waals surface area contributed by atoms with E-state index in [1.807, 2.05) is 42.1 Å². The van der Waals surface area contributed by atoms with Gasteiger partial charge in [-0.05, 0) is 58.7 Å². The molecule has 0 bridgehead atoms. The molecule has 23 heavy (non-hydrogen) atoms. The predicted octanol–water partition coefficient (Wildman–Crippen LogP) is 3.22. The van der Waals surface area contributed by atoms with E-state index in [4.69, 9.17) is 0 Å². The maximum Gasteiger partial charge on any atom is 0.252 e. The van der Waals surface area contributed by atoms with E-state index in [1.54, 1.807) is 0 Å². The number of hydrogen-bond donors (Lipinski definition) is 2. The molecule has 3 rings (SSSR count). The van der Waals surface area contributed by atoms with Crippen molar-refractivity contribution in [2.75, 3.05) is 0 Å². The molecule has 2 aromatic rings. The van der Waals surface area contributed by atoms with Crippen LogP contribution >= 0.6 is 0 Å². The molecule has 1 aromatic heterocycles. The van der Waals surface area contributed by atoms with Crippen molar-refractivity contribution in [1.29, 1.82) is 0 Å². The minimum atomic E-state index is 0.0262. The van der Waals surface area contributed by atoms with Gasteiger partial charge in [-0.2, -0.15) is 0 Å². The molecule has 1 saturated heterocycles. The number of aromatic nitrogens is 1. The molecule has 4 nitrogen and oxygen atoms in total. The van der Waals surface area contributed by atoms with Crippen LogP contribution in [0.1, 0.15) is 50.9 Å². The standard InChI is InChI=1S/C19H27N3O/c1-18(2)11-13(12-19(3,4)21-18)20-17(23)15-7-6-8-16-14(15)9-10-22(16)5/h6-10,13,21H,11-12H2,1-5H3,(H,20,23). The van der Waals surface area contributed by atoms with Crippen LogP contribution in [0.2, 0.25) is 0 Å². The fraction of sp³-hybridized carbons (Fsp3) is 0.526. The summed E-state index contributed by atoms with van der Waals surface area (Å²) in [6.45, 7) is 8.80. The minimum Gasteiger partial charge on any atom is -0.351 e. The van der Waals surface area contributed by atoms with Gasteiger partial charge in [0.25, 0.3) is 5.91 Å². The third-order valence-electron chi connectivity index (χ3n) is 4.70. The number of nitrogens with zero attached hydrogens (tertiary/aromatic N) is 1. The van der Waals surface area contributed by atoms with Gasteiger partial charge in [0.05, 0.1) is 0 Å². The van der Waals surface area contributed by atoms with Crippen LogP contribution in [0.4, 0.5) is 0 Å². The molecular weight excluding hydrogens is 286 g/mol. The summed E-state index contributed by atoms with van der Waals surface area (Å²) >= 11 is 0. The van der Waals surface area contributed by atoms with E-state index in [-0.39, 0.29) is 23.0 Å². The van der Waals surface area contributed by atoms with Crippen LogP contribution in [0.5, 0.6) is 0 Å². The number of hydrogen-bond acceptors (Lipinski definition) is 2. The largest absolute Gasteiger partial charge is 0.351 e. The molecule has 1 aliphatic heterocycles. The van der Waals surface area contributed by atoms with Gasteiger partial charge >= 0.3 is 0 Å².